The summed E-state index contributed by atoms with van der Waals surface area (Å²) in [6, 6.07) is 5.34. The summed E-state index contributed by atoms with van der Waals surface area (Å²) in [4.78, 5) is 11.1. The second kappa shape index (κ2) is 6.28. The van der Waals surface area contributed by atoms with Crippen molar-refractivity contribution in [3.63, 3.8) is 0 Å². The zero-order valence-corrected chi connectivity index (χ0v) is 10.8. The molecule has 1 rings (SSSR count). The molecule has 0 amide bonds. The summed E-state index contributed by atoms with van der Waals surface area (Å²) in [6.07, 6.45) is 2.21. The van der Waals surface area contributed by atoms with Crippen LogP contribution in [0.25, 0.3) is 0 Å². The van der Waals surface area contributed by atoms with E-state index in [1.165, 1.54) is 0 Å². The SMILES string of the molecule is Cc1cccc(C(=O)O)c1NCCCC(C)C. The molecule has 0 bridgehead atoms. The average molecular weight is 235 g/mol. The zero-order valence-electron chi connectivity index (χ0n) is 10.8. The van der Waals surface area contributed by atoms with Crippen molar-refractivity contribution in [3.8, 4) is 0 Å². The molecule has 0 aliphatic rings. The fourth-order valence-electron chi connectivity index (χ4n) is 1.80. The molecule has 0 radical (unpaired) electrons. The number of benzene rings is 1. The first kappa shape index (κ1) is 13.6. The average Bonchev–Trinajstić information content (AvgIpc) is 2.25. The molecule has 0 aromatic heterocycles. The molecule has 0 atom stereocenters. The van der Waals surface area contributed by atoms with Crippen LogP contribution in [0.1, 0.15) is 42.6 Å². The van der Waals surface area contributed by atoms with Crippen LogP contribution in [0.4, 0.5) is 5.69 Å². The summed E-state index contributed by atoms with van der Waals surface area (Å²) < 4.78 is 0. The van der Waals surface area contributed by atoms with Crippen molar-refractivity contribution in [1.29, 1.82) is 0 Å². The topological polar surface area (TPSA) is 49.3 Å². The van der Waals surface area contributed by atoms with Crippen LogP contribution in [-0.2, 0) is 0 Å². The van der Waals surface area contributed by atoms with E-state index in [1.54, 1.807) is 12.1 Å². The third kappa shape index (κ3) is 4.10. The fraction of sp³-hybridized carbons (Fsp3) is 0.500. The van der Waals surface area contributed by atoms with E-state index in [4.69, 9.17) is 5.11 Å². The molecule has 0 spiro atoms. The molecule has 0 heterocycles. The molecular weight excluding hydrogens is 214 g/mol. The Morgan fingerprint density at radius 1 is 1.41 bits per heavy atom. The molecule has 2 N–H and O–H groups in total. The van der Waals surface area contributed by atoms with Crippen LogP contribution in [0.2, 0.25) is 0 Å². The second-order valence-corrected chi connectivity index (χ2v) is 4.77. The molecule has 1 aromatic rings. The van der Waals surface area contributed by atoms with Crippen molar-refractivity contribution >= 4 is 11.7 Å². The lowest BCUT2D eigenvalue weighted by molar-refractivity contribution is 0.0698. The Labute approximate surface area is 103 Å². The van der Waals surface area contributed by atoms with Crippen molar-refractivity contribution in [3.05, 3.63) is 29.3 Å². The van der Waals surface area contributed by atoms with Gasteiger partial charge in [-0.2, -0.15) is 0 Å². The number of carboxylic acid groups (broad SMARTS) is 1. The minimum atomic E-state index is -0.875. The maximum absolute atomic E-state index is 11.1. The monoisotopic (exact) mass is 235 g/mol. The van der Waals surface area contributed by atoms with Gasteiger partial charge in [-0.1, -0.05) is 26.0 Å². The molecule has 1 aromatic carbocycles. The number of aryl methyl sites for hydroxylation is 1. The Balaban J connectivity index is 2.66. The van der Waals surface area contributed by atoms with Gasteiger partial charge in [0.15, 0.2) is 0 Å². The zero-order chi connectivity index (χ0) is 12.8. The Morgan fingerprint density at radius 2 is 2.12 bits per heavy atom. The van der Waals surface area contributed by atoms with Gasteiger partial charge in [0, 0.05) is 6.54 Å². The number of rotatable bonds is 6. The van der Waals surface area contributed by atoms with E-state index >= 15 is 0 Å². The molecule has 0 saturated carbocycles. The fourth-order valence-corrected chi connectivity index (χ4v) is 1.80. The minimum Gasteiger partial charge on any atom is -0.478 e. The number of carbonyl (C=O) groups is 1. The van der Waals surface area contributed by atoms with E-state index in [1.807, 2.05) is 13.0 Å². The first-order valence-corrected chi connectivity index (χ1v) is 6.09. The quantitative estimate of drug-likeness (QED) is 0.741. The van der Waals surface area contributed by atoms with Crippen LogP contribution < -0.4 is 5.32 Å². The van der Waals surface area contributed by atoms with Crippen molar-refractivity contribution < 1.29 is 9.90 Å². The summed E-state index contributed by atoms with van der Waals surface area (Å²) in [5.74, 6) is -0.187. The third-order valence-electron chi connectivity index (χ3n) is 2.76. The molecular formula is C14H21NO2. The molecule has 0 fully saturated rings. The van der Waals surface area contributed by atoms with Gasteiger partial charge in [-0.25, -0.2) is 4.79 Å². The highest BCUT2D eigenvalue weighted by Gasteiger charge is 2.11. The smallest absolute Gasteiger partial charge is 0.337 e. The lowest BCUT2D eigenvalue weighted by atomic mass is 10.1. The van der Waals surface area contributed by atoms with Gasteiger partial charge in [0.1, 0.15) is 0 Å². The number of para-hydroxylation sites is 1. The normalized spacial score (nSPS) is 10.6. The number of carboxylic acids is 1. The summed E-state index contributed by atoms with van der Waals surface area (Å²) in [5, 5.41) is 12.3. The van der Waals surface area contributed by atoms with E-state index in [-0.39, 0.29) is 0 Å². The summed E-state index contributed by atoms with van der Waals surface area (Å²) >= 11 is 0. The van der Waals surface area contributed by atoms with Crippen LogP contribution >= 0.6 is 0 Å². The van der Waals surface area contributed by atoms with E-state index in [9.17, 15) is 4.79 Å². The number of nitrogens with one attached hydrogen (secondary N) is 1. The van der Waals surface area contributed by atoms with Crippen molar-refractivity contribution in [2.75, 3.05) is 11.9 Å². The summed E-state index contributed by atoms with van der Waals surface area (Å²) in [5.41, 5.74) is 2.09. The molecule has 94 valence electrons. The Kier molecular flexibility index (Phi) is 5.01. The van der Waals surface area contributed by atoms with Gasteiger partial charge in [0.05, 0.1) is 11.3 Å². The predicted molar refractivity (Wildman–Crippen MR) is 70.7 cm³/mol. The predicted octanol–water partition coefficient (Wildman–Crippen LogP) is 3.54. The highest BCUT2D eigenvalue weighted by molar-refractivity contribution is 5.95. The van der Waals surface area contributed by atoms with Crippen LogP contribution in [0.15, 0.2) is 18.2 Å². The number of anilines is 1. The van der Waals surface area contributed by atoms with Crippen molar-refractivity contribution in [2.45, 2.75) is 33.6 Å². The van der Waals surface area contributed by atoms with Gasteiger partial charge in [0.25, 0.3) is 0 Å². The molecule has 0 aliphatic heterocycles. The number of hydrogen-bond acceptors (Lipinski definition) is 2. The van der Waals surface area contributed by atoms with E-state index in [0.717, 1.165) is 30.6 Å². The van der Waals surface area contributed by atoms with Crippen molar-refractivity contribution in [2.24, 2.45) is 5.92 Å². The van der Waals surface area contributed by atoms with E-state index in [2.05, 4.69) is 19.2 Å². The molecule has 0 aliphatic carbocycles. The third-order valence-corrected chi connectivity index (χ3v) is 2.76. The van der Waals surface area contributed by atoms with Gasteiger partial charge in [0.2, 0.25) is 0 Å². The highest BCUT2D eigenvalue weighted by Crippen LogP contribution is 2.20. The van der Waals surface area contributed by atoms with Crippen LogP contribution in [0.3, 0.4) is 0 Å². The number of aromatic carboxylic acids is 1. The van der Waals surface area contributed by atoms with E-state index < -0.39 is 5.97 Å². The van der Waals surface area contributed by atoms with E-state index in [0.29, 0.717) is 11.5 Å². The molecule has 17 heavy (non-hydrogen) atoms. The van der Waals surface area contributed by atoms with Gasteiger partial charge < -0.3 is 10.4 Å². The van der Waals surface area contributed by atoms with Crippen molar-refractivity contribution in [1.82, 2.24) is 0 Å². The largest absolute Gasteiger partial charge is 0.478 e. The lowest BCUT2D eigenvalue weighted by Crippen LogP contribution is -2.09. The van der Waals surface area contributed by atoms with Crippen LogP contribution in [0.5, 0.6) is 0 Å². The van der Waals surface area contributed by atoms with Gasteiger partial charge in [-0.05, 0) is 37.3 Å². The highest BCUT2D eigenvalue weighted by atomic mass is 16.4. The second-order valence-electron chi connectivity index (χ2n) is 4.77. The summed E-state index contributed by atoms with van der Waals surface area (Å²) in [6.45, 7) is 7.13. The maximum atomic E-state index is 11.1. The molecule has 3 nitrogen and oxygen atoms in total. The van der Waals surface area contributed by atoms with Gasteiger partial charge in [-0.3, -0.25) is 0 Å². The van der Waals surface area contributed by atoms with Gasteiger partial charge in [-0.15, -0.1) is 0 Å². The first-order valence-electron chi connectivity index (χ1n) is 6.09. The molecule has 3 heteroatoms. The molecule has 0 saturated heterocycles. The lowest BCUT2D eigenvalue weighted by Gasteiger charge is -2.13. The van der Waals surface area contributed by atoms with Gasteiger partial charge >= 0.3 is 5.97 Å². The first-order chi connectivity index (χ1) is 8.02. The summed E-state index contributed by atoms with van der Waals surface area (Å²) in [7, 11) is 0. The molecule has 0 unspecified atom stereocenters. The van der Waals surface area contributed by atoms with Crippen LogP contribution in [0, 0.1) is 12.8 Å². The number of hydrogen-bond donors (Lipinski definition) is 2. The Hall–Kier alpha value is -1.51. The Morgan fingerprint density at radius 3 is 2.71 bits per heavy atom. The maximum Gasteiger partial charge on any atom is 0.337 e. The standard InChI is InChI=1S/C14H21NO2/c1-10(2)6-5-9-15-13-11(3)7-4-8-12(13)14(16)17/h4,7-8,10,15H,5-6,9H2,1-3H3,(H,16,17). The Bertz CT molecular complexity index is 386. The van der Waals surface area contributed by atoms with Crippen LogP contribution in [-0.4, -0.2) is 17.6 Å². The minimum absolute atomic E-state index is 0.356.